The summed E-state index contributed by atoms with van der Waals surface area (Å²) >= 11 is 1.45. The quantitative estimate of drug-likeness (QED) is 0.260. The molecule has 31 heavy (non-hydrogen) atoms. The van der Waals surface area contributed by atoms with Crippen molar-refractivity contribution in [2.24, 2.45) is 0 Å². The lowest BCUT2D eigenvalue weighted by Crippen LogP contribution is -2.27. The van der Waals surface area contributed by atoms with Gasteiger partial charge >= 0.3 is 0 Å². The summed E-state index contributed by atoms with van der Waals surface area (Å²) in [6, 6.07) is 5.04. The monoisotopic (exact) mass is 446 g/mol. The van der Waals surface area contributed by atoms with Crippen LogP contribution in [0, 0.1) is 0 Å². The van der Waals surface area contributed by atoms with Crippen LogP contribution in [0.4, 0.5) is 5.82 Å². The van der Waals surface area contributed by atoms with E-state index in [9.17, 15) is 4.79 Å². The van der Waals surface area contributed by atoms with Crippen LogP contribution in [0.25, 0.3) is 11.0 Å². The Kier molecular flexibility index (Phi) is 7.90. The lowest BCUT2D eigenvalue weighted by atomic mass is 10.2. The Labute approximate surface area is 184 Å². The van der Waals surface area contributed by atoms with Gasteiger partial charge in [0.05, 0.1) is 39.0 Å². The van der Waals surface area contributed by atoms with Gasteiger partial charge in [0.2, 0.25) is 0 Å². The standard InChI is InChI=1S/C20H26N6O4S/c1-28-8-6-21-17-16-12-23-26(18(16)25-20(24-17)31-4)7-5-22-19(27)13-9-14(29-2)11-15(10-13)30-3/h9-12H,5-8H2,1-4H3,(H,22,27)(H,21,24,25). The molecule has 11 heteroatoms. The smallest absolute Gasteiger partial charge is 0.251 e. The van der Waals surface area contributed by atoms with Gasteiger partial charge in [0.15, 0.2) is 10.8 Å². The Morgan fingerprint density at radius 1 is 1.10 bits per heavy atom. The Morgan fingerprint density at radius 2 is 1.84 bits per heavy atom. The van der Waals surface area contributed by atoms with Crippen molar-refractivity contribution in [2.45, 2.75) is 11.7 Å². The Morgan fingerprint density at radius 3 is 2.48 bits per heavy atom. The van der Waals surface area contributed by atoms with Crippen LogP contribution in [0.1, 0.15) is 10.4 Å². The molecule has 0 saturated carbocycles. The summed E-state index contributed by atoms with van der Waals surface area (Å²) in [6.07, 6.45) is 3.65. The molecule has 0 radical (unpaired) electrons. The van der Waals surface area contributed by atoms with Crippen LogP contribution in [0.2, 0.25) is 0 Å². The highest BCUT2D eigenvalue weighted by Crippen LogP contribution is 2.24. The third-order valence-electron chi connectivity index (χ3n) is 4.48. The molecule has 2 aromatic heterocycles. The fourth-order valence-corrected chi connectivity index (χ4v) is 3.27. The predicted molar refractivity (Wildman–Crippen MR) is 119 cm³/mol. The molecule has 0 spiro atoms. The van der Waals surface area contributed by atoms with E-state index in [1.165, 1.54) is 11.8 Å². The molecule has 10 nitrogen and oxygen atoms in total. The molecule has 2 heterocycles. The van der Waals surface area contributed by atoms with Crippen LogP contribution in [-0.4, -0.2) is 72.9 Å². The van der Waals surface area contributed by atoms with Gasteiger partial charge in [-0.1, -0.05) is 11.8 Å². The minimum Gasteiger partial charge on any atom is -0.497 e. The second kappa shape index (κ2) is 10.8. The van der Waals surface area contributed by atoms with Crippen molar-refractivity contribution in [3.8, 4) is 11.5 Å². The fourth-order valence-electron chi connectivity index (χ4n) is 2.91. The molecule has 0 aliphatic rings. The minimum absolute atomic E-state index is 0.227. The molecule has 1 amide bonds. The molecule has 0 bridgehead atoms. The van der Waals surface area contributed by atoms with E-state index in [1.807, 2.05) is 6.26 Å². The first-order valence-electron chi connectivity index (χ1n) is 9.61. The molecule has 0 aliphatic carbocycles. The van der Waals surface area contributed by atoms with Gasteiger partial charge in [0.1, 0.15) is 17.3 Å². The summed E-state index contributed by atoms with van der Waals surface area (Å²) in [5.74, 6) is 1.59. The first-order chi connectivity index (χ1) is 15.1. The topological polar surface area (TPSA) is 112 Å². The number of nitrogens with one attached hydrogen (secondary N) is 2. The van der Waals surface area contributed by atoms with E-state index in [2.05, 4.69) is 25.7 Å². The molecular weight excluding hydrogens is 420 g/mol. The molecule has 0 saturated heterocycles. The Bertz CT molecular complexity index is 1020. The first kappa shape index (κ1) is 22.6. The molecular formula is C20H26N6O4S. The number of nitrogens with zero attached hydrogens (tertiary/aromatic N) is 4. The largest absolute Gasteiger partial charge is 0.497 e. The Hall–Kier alpha value is -3.05. The van der Waals surface area contributed by atoms with Crippen molar-refractivity contribution in [3.63, 3.8) is 0 Å². The number of methoxy groups -OCH3 is 3. The van der Waals surface area contributed by atoms with Crippen molar-refractivity contribution in [3.05, 3.63) is 30.0 Å². The number of thioether (sulfide) groups is 1. The van der Waals surface area contributed by atoms with Gasteiger partial charge in [-0.3, -0.25) is 4.79 Å². The maximum absolute atomic E-state index is 12.6. The van der Waals surface area contributed by atoms with Crippen LogP contribution in [0.15, 0.2) is 29.6 Å². The first-order valence-corrected chi connectivity index (χ1v) is 10.8. The molecule has 0 fully saturated rings. The number of carbonyl (C=O) groups is 1. The number of carbonyl (C=O) groups excluding carboxylic acids is 1. The zero-order valence-electron chi connectivity index (χ0n) is 18.0. The van der Waals surface area contributed by atoms with Gasteiger partial charge in [-0.15, -0.1) is 0 Å². The van der Waals surface area contributed by atoms with E-state index in [4.69, 9.17) is 14.2 Å². The molecule has 0 atom stereocenters. The number of aromatic nitrogens is 4. The molecule has 2 N–H and O–H groups in total. The van der Waals surface area contributed by atoms with Gasteiger partial charge in [-0.25, -0.2) is 14.6 Å². The summed E-state index contributed by atoms with van der Waals surface area (Å²) in [6.45, 7) is 2.02. The highest BCUT2D eigenvalue weighted by molar-refractivity contribution is 7.98. The third kappa shape index (κ3) is 5.56. The average molecular weight is 447 g/mol. The maximum Gasteiger partial charge on any atom is 0.251 e. The van der Waals surface area contributed by atoms with Crippen molar-refractivity contribution in [1.82, 2.24) is 25.1 Å². The lowest BCUT2D eigenvalue weighted by Gasteiger charge is -2.10. The summed E-state index contributed by atoms with van der Waals surface area (Å²) in [7, 11) is 4.74. The van der Waals surface area contributed by atoms with E-state index in [0.717, 1.165) is 5.39 Å². The van der Waals surface area contributed by atoms with Crippen LogP contribution in [-0.2, 0) is 11.3 Å². The van der Waals surface area contributed by atoms with E-state index < -0.39 is 0 Å². The van der Waals surface area contributed by atoms with Gasteiger partial charge in [0.25, 0.3) is 5.91 Å². The van der Waals surface area contributed by atoms with Crippen molar-refractivity contribution in [2.75, 3.05) is 52.6 Å². The SMILES string of the molecule is COCCNc1nc(SC)nc2c1cnn2CCNC(=O)c1cc(OC)cc(OC)c1. The zero-order valence-corrected chi connectivity index (χ0v) is 18.8. The van der Waals surface area contributed by atoms with Gasteiger partial charge in [-0.2, -0.15) is 5.10 Å². The van der Waals surface area contributed by atoms with Gasteiger partial charge in [-0.05, 0) is 18.4 Å². The van der Waals surface area contributed by atoms with Crippen LogP contribution in [0.3, 0.4) is 0 Å². The summed E-state index contributed by atoms with van der Waals surface area (Å²) in [5.41, 5.74) is 1.16. The van der Waals surface area contributed by atoms with Crippen LogP contribution < -0.4 is 20.1 Å². The number of anilines is 1. The van der Waals surface area contributed by atoms with E-state index in [-0.39, 0.29) is 5.91 Å². The lowest BCUT2D eigenvalue weighted by molar-refractivity contribution is 0.0951. The number of rotatable bonds is 11. The molecule has 3 rings (SSSR count). The molecule has 1 aromatic carbocycles. The second-order valence-electron chi connectivity index (χ2n) is 6.44. The normalized spacial score (nSPS) is 10.8. The Balaban J connectivity index is 1.71. The van der Waals surface area contributed by atoms with Crippen molar-refractivity contribution in [1.29, 1.82) is 0 Å². The molecule has 3 aromatic rings. The number of fused-ring (bicyclic) bond motifs is 1. The van der Waals surface area contributed by atoms with E-state index in [0.29, 0.717) is 59.9 Å². The zero-order chi connectivity index (χ0) is 22.2. The highest BCUT2D eigenvalue weighted by atomic mass is 32.2. The molecule has 0 aliphatic heterocycles. The average Bonchev–Trinajstić information content (AvgIpc) is 3.21. The van der Waals surface area contributed by atoms with Gasteiger partial charge < -0.3 is 24.8 Å². The van der Waals surface area contributed by atoms with Gasteiger partial charge in [0, 0.05) is 31.8 Å². The summed E-state index contributed by atoms with van der Waals surface area (Å²) in [4.78, 5) is 21.7. The molecule has 166 valence electrons. The molecule has 0 unspecified atom stereocenters. The summed E-state index contributed by atoms with van der Waals surface area (Å²) in [5, 5.41) is 12.0. The van der Waals surface area contributed by atoms with Crippen molar-refractivity contribution < 1.29 is 19.0 Å². The third-order valence-corrected chi connectivity index (χ3v) is 5.03. The fraction of sp³-hybridized carbons (Fsp3) is 0.400. The number of amides is 1. The maximum atomic E-state index is 12.6. The number of hydrogen-bond donors (Lipinski definition) is 2. The number of ether oxygens (including phenoxy) is 3. The second-order valence-corrected chi connectivity index (χ2v) is 7.21. The summed E-state index contributed by atoms with van der Waals surface area (Å²) < 4.78 is 17.3. The van der Waals surface area contributed by atoms with Crippen LogP contribution in [0.5, 0.6) is 11.5 Å². The van der Waals surface area contributed by atoms with E-state index >= 15 is 0 Å². The van der Waals surface area contributed by atoms with Crippen LogP contribution >= 0.6 is 11.8 Å². The van der Waals surface area contributed by atoms with E-state index in [1.54, 1.807) is 50.4 Å². The number of hydrogen-bond acceptors (Lipinski definition) is 9. The van der Waals surface area contributed by atoms with Crippen molar-refractivity contribution >= 4 is 34.5 Å². The number of benzene rings is 1. The highest BCUT2D eigenvalue weighted by Gasteiger charge is 2.14. The minimum atomic E-state index is -0.227. The predicted octanol–water partition coefficient (Wildman–Crippen LogP) is 2.05.